The highest BCUT2D eigenvalue weighted by Crippen LogP contribution is 2.32. The normalized spacial score (nSPS) is 23.0. The number of methoxy groups -OCH3 is 1. The molecule has 3 rings (SSSR count). The molecule has 2 fully saturated rings. The average Bonchev–Trinajstić information content (AvgIpc) is 3.05. The van der Waals surface area contributed by atoms with Crippen LogP contribution in [-0.4, -0.2) is 37.0 Å². The van der Waals surface area contributed by atoms with Gasteiger partial charge in [0.25, 0.3) is 0 Å². The van der Waals surface area contributed by atoms with Crippen LogP contribution in [0.15, 0.2) is 24.3 Å². The van der Waals surface area contributed by atoms with Gasteiger partial charge in [-0.15, -0.1) is 0 Å². The lowest BCUT2D eigenvalue weighted by molar-refractivity contribution is -0.123. The van der Waals surface area contributed by atoms with Crippen LogP contribution in [0.1, 0.15) is 69.4 Å². The maximum atomic E-state index is 12.6. The zero-order valence-corrected chi connectivity index (χ0v) is 15.5. The first-order valence-electron chi connectivity index (χ1n) is 9.93. The largest absolute Gasteiger partial charge is 0.497 e. The molecular weight excluding hydrogens is 312 g/mol. The highest BCUT2D eigenvalue weighted by Gasteiger charge is 2.28. The van der Waals surface area contributed by atoms with Gasteiger partial charge in [-0.1, -0.05) is 44.2 Å². The van der Waals surface area contributed by atoms with Crippen LogP contribution in [0.4, 0.5) is 0 Å². The minimum atomic E-state index is 0.200. The minimum Gasteiger partial charge on any atom is -0.497 e. The Morgan fingerprint density at radius 1 is 1.04 bits per heavy atom. The van der Waals surface area contributed by atoms with Gasteiger partial charge in [-0.2, -0.15) is 0 Å². The van der Waals surface area contributed by atoms with Gasteiger partial charge in [-0.3, -0.25) is 9.69 Å². The van der Waals surface area contributed by atoms with Crippen LogP contribution in [0.3, 0.4) is 0 Å². The molecule has 1 saturated heterocycles. The number of nitrogens with zero attached hydrogens (tertiary/aromatic N) is 1. The number of benzene rings is 1. The summed E-state index contributed by atoms with van der Waals surface area (Å²) in [6.45, 7) is 1.53. The molecule has 1 N–H and O–H groups in total. The highest BCUT2D eigenvalue weighted by molar-refractivity contribution is 5.78. The van der Waals surface area contributed by atoms with Crippen LogP contribution in [0, 0.1) is 0 Å². The summed E-state index contributed by atoms with van der Waals surface area (Å²) in [5.74, 6) is 1.08. The van der Waals surface area contributed by atoms with Crippen molar-refractivity contribution in [3.05, 3.63) is 29.8 Å². The standard InChI is InChI=1S/C21H32N2O2/c1-25-19-13-11-17(12-14-19)20-10-7-15-23(20)16-21(24)22-18-8-5-3-2-4-6-9-18/h11-14,18,20H,2-10,15-16H2,1H3,(H,22,24). The first-order valence-corrected chi connectivity index (χ1v) is 9.93. The molecule has 1 saturated carbocycles. The van der Waals surface area contributed by atoms with E-state index in [1.165, 1.54) is 37.7 Å². The SMILES string of the molecule is COc1ccc(C2CCCN2CC(=O)NC2CCCCCCC2)cc1. The molecule has 1 aromatic rings. The van der Waals surface area contributed by atoms with E-state index in [0.29, 0.717) is 18.6 Å². The number of rotatable bonds is 5. The lowest BCUT2D eigenvalue weighted by atomic mass is 9.97. The van der Waals surface area contributed by atoms with Crippen molar-refractivity contribution >= 4 is 5.91 Å². The highest BCUT2D eigenvalue weighted by atomic mass is 16.5. The topological polar surface area (TPSA) is 41.6 Å². The van der Waals surface area contributed by atoms with Gasteiger partial charge in [0.05, 0.1) is 13.7 Å². The summed E-state index contributed by atoms with van der Waals surface area (Å²) >= 11 is 0. The number of amides is 1. The Morgan fingerprint density at radius 3 is 2.40 bits per heavy atom. The second-order valence-electron chi connectivity index (χ2n) is 7.51. The van der Waals surface area contributed by atoms with Gasteiger partial charge in [0.15, 0.2) is 0 Å². The van der Waals surface area contributed by atoms with E-state index < -0.39 is 0 Å². The molecule has 4 heteroatoms. The van der Waals surface area contributed by atoms with Crippen molar-refractivity contribution in [2.24, 2.45) is 0 Å². The van der Waals surface area contributed by atoms with Gasteiger partial charge < -0.3 is 10.1 Å². The molecule has 1 unspecified atom stereocenters. The fraction of sp³-hybridized carbons (Fsp3) is 0.667. The Hall–Kier alpha value is -1.55. The fourth-order valence-electron chi connectivity index (χ4n) is 4.28. The zero-order chi connectivity index (χ0) is 17.5. The lowest BCUT2D eigenvalue weighted by Gasteiger charge is -2.26. The third-order valence-corrected chi connectivity index (χ3v) is 5.68. The number of ether oxygens (including phenoxy) is 1. The van der Waals surface area contributed by atoms with Gasteiger partial charge in [-0.05, 0) is 49.9 Å². The summed E-state index contributed by atoms with van der Waals surface area (Å²) in [7, 11) is 1.69. The number of nitrogens with one attached hydrogen (secondary N) is 1. The van der Waals surface area contributed by atoms with E-state index in [0.717, 1.165) is 38.0 Å². The third-order valence-electron chi connectivity index (χ3n) is 5.68. The van der Waals surface area contributed by atoms with E-state index in [9.17, 15) is 4.79 Å². The van der Waals surface area contributed by atoms with Crippen LogP contribution in [0.5, 0.6) is 5.75 Å². The van der Waals surface area contributed by atoms with E-state index in [1.54, 1.807) is 7.11 Å². The summed E-state index contributed by atoms with van der Waals surface area (Å²) in [6.07, 6.45) is 11.1. The predicted molar refractivity (Wildman–Crippen MR) is 101 cm³/mol. The molecule has 1 atom stereocenters. The van der Waals surface area contributed by atoms with E-state index >= 15 is 0 Å². The molecule has 1 aliphatic heterocycles. The Labute approximate surface area is 151 Å². The molecule has 138 valence electrons. The molecule has 1 aliphatic carbocycles. The molecule has 1 heterocycles. The number of carbonyl (C=O) groups is 1. The summed E-state index contributed by atoms with van der Waals surface area (Å²) in [5.41, 5.74) is 1.29. The average molecular weight is 344 g/mol. The van der Waals surface area contributed by atoms with Gasteiger partial charge in [-0.25, -0.2) is 0 Å². The van der Waals surface area contributed by atoms with Crippen molar-refractivity contribution in [2.75, 3.05) is 20.2 Å². The minimum absolute atomic E-state index is 0.200. The second kappa shape index (κ2) is 9.23. The Balaban J connectivity index is 1.53. The number of hydrogen-bond acceptors (Lipinski definition) is 3. The van der Waals surface area contributed by atoms with Crippen LogP contribution in [-0.2, 0) is 4.79 Å². The van der Waals surface area contributed by atoms with Crippen molar-refractivity contribution in [3.63, 3.8) is 0 Å². The van der Waals surface area contributed by atoms with Gasteiger partial charge in [0, 0.05) is 12.1 Å². The van der Waals surface area contributed by atoms with E-state index in [2.05, 4.69) is 22.3 Å². The summed E-state index contributed by atoms with van der Waals surface area (Å²) in [4.78, 5) is 14.9. The maximum Gasteiger partial charge on any atom is 0.234 e. The summed E-state index contributed by atoms with van der Waals surface area (Å²) in [5, 5.41) is 3.30. The molecular formula is C21H32N2O2. The number of hydrogen-bond donors (Lipinski definition) is 1. The first kappa shape index (κ1) is 18.2. The van der Waals surface area contributed by atoms with Crippen LogP contribution in [0.25, 0.3) is 0 Å². The third kappa shape index (κ3) is 5.21. The Bertz CT molecular complexity index is 535. The second-order valence-corrected chi connectivity index (χ2v) is 7.51. The molecule has 0 aromatic heterocycles. The fourth-order valence-corrected chi connectivity index (χ4v) is 4.28. The predicted octanol–water partition coefficient (Wildman–Crippen LogP) is 4.06. The van der Waals surface area contributed by atoms with Crippen LogP contribution >= 0.6 is 0 Å². The molecule has 2 aliphatic rings. The molecule has 25 heavy (non-hydrogen) atoms. The lowest BCUT2D eigenvalue weighted by Crippen LogP contribution is -2.42. The first-order chi connectivity index (χ1) is 12.3. The Kier molecular flexibility index (Phi) is 6.74. The zero-order valence-electron chi connectivity index (χ0n) is 15.5. The van der Waals surface area contributed by atoms with Crippen molar-refractivity contribution in [1.29, 1.82) is 0 Å². The molecule has 4 nitrogen and oxygen atoms in total. The molecule has 0 bridgehead atoms. The van der Waals surface area contributed by atoms with E-state index in [1.807, 2.05) is 12.1 Å². The Morgan fingerprint density at radius 2 is 1.72 bits per heavy atom. The molecule has 1 amide bonds. The van der Waals surface area contributed by atoms with Crippen LogP contribution in [0.2, 0.25) is 0 Å². The molecule has 0 spiro atoms. The summed E-state index contributed by atoms with van der Waals surface area (Å²) < 4.78 is 5.25. The van der Waals surface area contributed by atoms with Crippen molar-refractivity contribution in [1.82, 2.24) is 10.2 Å². The van der Waals surface area contributed by atoms with Gasteiger partial charge in [0.1, 0.15) is 5.75 Å². The monoisotopic (exact) mass is 344 g/mol. The van der Waals surface area contributed by atoms with Gasteiger partial charge >= 0.3 is 0 Å². The van der Waals surface area contributed by atoms with Crippen molar-refractivity contribution in [3.8, 4) is 5.75 Å². The summed E-state index contributed by atoms with van der Waals surface area (Å²) in [6, 6.07) is 9.04. The molecule has 0 radical (unpaired) electrons. The quantitative estimate of drug-likeness (QED) is 0.876. The smallest absolute Gasteiger partial charge is 0.234 e. The van der Waals surface area contributed by atoms with Crippen LogP contribution < -0.4 is 10.1 Å². The number of likely N-dealkylation sites (tertiary alicyclic amines) is 1. The number of carbonyl (C=O) groups excluding carboxylic acids is 1. The van der Waals surface area contributed by atoms with Crippen molar-refractivity contribution < 1.29 is 9.53 Å². The van der Waals surface area contributed by atoms with Crippen molar-refractivity contribution in [2.45, 2.75) is 69.9 Å². The maximum absolute atomic E-state index is 12.6. The van der Waals surface area contributed by atoms with E-state index in [4.69, 9.17) is 4.74 Å². The van der Waals surface area contributed by atoms with Gasteiger partial charge in [0.2, 0.25) is 5.91 Å². The van der Waals surface area contributed by atoms with E-state index in [-0.39, 0.29) is 5.91 Å². The molecule has 1 aromatic carbocycles.